The fourth-order valence-corrected chi connectivity index (χ4v) is 1.47. The Morgan fingerprint density at radius 1 is 1.37 bits per heavy atom. The summed E-state index contributed by atoms with van der Waals surface area (Å²) in [7, 11) is 0. The van der Waals surface area contributed by atoms with E-state index in [1.165, 1.54) is 24.4 Å². The zero-order chi connectivity index (χ0) is 13.8. The minimum Gasteiger partial charge on any atom is -0.399 e. The lowest BCUT2D eigenvalue weighted by Gasteiger charge is -2.05. The molecule has 5 nitrogen and oxygen atoms in total. The van der Waals surface area contributed by atoms with Crippen molar-refractivity contribution >= 4 is 17.3 Å². The van der Waals surface area contributed by atoms with Gasteiger partial charge in [0.25, 0.3) is 5.91 Å². The largest absolute Gasteiger partial charge is 0.399 e. The third-order valence-corrected chi connectivity index (χ3v) is 2.30. The molecule has 0 aliphatic rings. The number of anilines is 2. The summed E-state index contributed by atoms with van der Waals surface area (Å²) >= 11 is 0. The van der Waals surface area contributed by atoms with E-state index in [2.05, 4.69) is 10.3 Å². The van der Waals surface area contributed by atoms with Crippen LogP contribution in [0.5, 0.6) is 0 Å². The van der Waals surface area contributed by atoms with Crippen LogP contribution in [0, 0.1) is 17.1 Å². The van der Waals surface area contributed by atoms with Crippen molar-refractivity contribution in [3.63, 3.8) is 0 Å². The third-order valence-electron chi connectivity index (χ3n) is 2.30. The van der Waals surface area contributed by atoms with E-state index in [0.29, 0.717) is 5.56 Å². The number of rotatable bonds is 2. The highest BCUT2D eigenvalue weighted by Crippen LogP contribution is 2.16. The molecule has 0 aliphatic heterocycles. The van der Waals surface area contributed by atoms with Gasteiger partial charge in [-0.05, 0) is 30.3 Å². The molecule has 0 fully saturated rings. The smallest absolute Gasteiger partial charge is 0.274 e. The lowest BCUT2D eigenvalue weighted by Crippen LogP contribution is -2.13. The Morgan fingerprint density at radius 3 is 2.74 bits per heavy atom. The molecule has 0 radical (unpaired) electrons. The maximum atomic E-state index is 13.1. The number of aromatic nitrogens is 1. The standard InChI is InChI=1S/C13H9FN4O/c14-9-3-10(16)5-11(4-9)18-13(19)12-2-1-8(6-15)7-17-12/h1-5,7H,16H2,(H,18,19). The molecule has 1 aromatic heterocycles. The van der Waals surface area contributed by atoms with E-state index in [4.69, 9.17) is 11.0 Å². The summed E-state index contributed by atoms with van der Waals surface area (Å²) in [6.07, 6.45) is 1.29. The molecule has 19 heavy (non-hydrogen) atoms. The van der Waals surface area contributed by atoms with Gasteiger partial charge in [0.1, 0.15) is 17.6 Å². The molecule has 2 aromatic rings. The summed E-state index contributed by atoms with van der Waals surface area (Å²) in [6.45, 7) is 0. The van der Waals surface area contributed by atoms with Crippen molar-refractivity contribution in [3.8, 4) is 6.07 Å². The summed E-state index contributed by atoms with van der Waals surface area (Å²) in [5.41, 5.74) is 6.40. The van der Waals surface area contributed by atoms with Gasteiger partial charge in [0.2, 0.25) is 0 Å². The topological polar surface area (TPSA) is 91.8 Å². The Labute approximate surface area is 108 Å². The second-order valence-electron chi connectivity index (χ2n) is 3.77. The van der Waals surface area contributed by atoms with Gasteiger partial charge in [-0.25, -0.2) is 9.37 Å². The third kappa shape index (κ3) is 3.04. The summed E-state index contributed by atoms with van der Waals surface area (Å²) in [4.78, 5) is 15.6. The molecule has 0 aliphatic carbocycles. The monoisotopic (exact) mass is 256 g/mol. The van der Waals surface area contributed by atoms with Crippen LogP contribution in [0.15, 0.2) is 36.5 Å². The van der Waals surface area contributed by atoms with E-state index in [-0.39, 0.29) is 17.1 Å². The van der Waals surface area contributed by atoms with Crippen LogP contribution in [0.2, 0.25) is 0 Å². The minimum absolute atomic E-state index is 0.127. The molecule has 1 aromatic carbocycles. The molecule has 2 rings (SSSR count). The first-order chi connectivity index (χ1) is 9.08. The van der Waals surface area contributed by atoms with E-state index < -0.39 is 11.7 Å². The normalized spacial score (nSPS) is 9.68. The molecule has 6 heteroatoms. The quantitative estimate of drug-likeness (QED) is 0.803. The molecule has 0 bridgehead atoms. The second-order valence-corrected chi connectivity index (χ2v) is 3.77. The summed E-state index contributed by atoms with van der Waals surface area (Å²) in [5.74, 6) is -1.04. The van der Waals surface area contributed by atoms with Gasteiger partial charge < -0.3 is 11.1 Å². The zero-order valence-electron chi connectivity index (χ0n) is 9.72. The maximum Gasteiger partial charge on any atom is 0.274 e. The van der Waals surface area contributed by atoms with E-state index in [9.17, 15) is 9.18 Å². The van der Waals surface area contributed by atoms with Crippen molar-refractivity contribution in [1.82, 2.24) is 4.98 Å². The summed E-state index contributed by atoms with van der Waals surface area (Å²) < 4.78 is 13.1. The number of amides is 1. The van der Waals surface area contributed by atoms with Gasteiger partial charge in [0, 0.05) is 17.6 Å². The highest BCUT2D eigenvalue weighted by Gasteiger charge is 2.08. The lowest BCUT2D eigenvalue weighted by molar-refractivity contribution is 0.102. The SMILES string of the molecule is N#Cc1ccc(C(=O)Nc2cc(N)cc(F)c2)nc1. The van der Waals surface area contributed by atoms with Gasteiger partial charge in [-0.3, -0.25) is 4.79 Å². The van der Waals surface area contributed by atoms with Crippen molar-refractivity contribution in [1.29, 1.82) is 5.26 Å². The summed E-state index contributed by atoms with van der Waals surface area (Å²) in [5, 5.41) is 11.1. The number of nitriles is 1. The van der Waals surface area contributed by atoms with Crippen molar-refractivity contribution in [2.24, 2.45) is 0 Å². The molecule has 0 atom stereocenters. The molecule has 0 spiro atoms. The van der Waals surface area contributed by atoms with Crippen molar-refractivity contribution < 1.29 is 9.18 Å². The number of hydrogen-bond donors (Lipinski definition) is 2. The Bertz CT molecular complexity index is 641. The molecule has 94 valence electrons. The minimum atomic E-state index is -0.539. The molecule has 0 unspecified atom stereocenters. The van der Waals surface area contributed by atoms with Gasteiger partial charge in [-0.15, -0.1) is 0 Å². The van der Waals surface area contributed by atoms with Crippen molar-refractivity contribution in [3.05, 3.63) is 53.6 Å². The molecule has 0 saturated heterocycles. The van der Waals surface area contributed by atoms with Crippen LogP contribution in [-0.2, 0) is 0 Å². The van der Waals surface area contributed by atoms with Gasteiger partial charge in [-0.1, -0.05) is 0 Å². The first-order valence-corrected chi connectivity index (χ1v) is 5.32. The van der Waals surface area contributed by atoms with Crippen molar-refractivity contribution in [2.75, 3.05) is 11.1 Å². The van der Waals surface area contributed by atoms with Crippen molar-refractivity contribution in [2.45, 2.75) is 0 Å². The lowest BCUT2D eigenvalue weighted by atomic mass is 10.2. The number of carbonyl (C=O) groups excluding carboxylic acids is 1. The van der Waals surface area contributed by atoms with Crippen LogP contribution in [0.1, 0.15) is 16.1 Å². The zero-order valence-corrected chi connectivity index (χ0v) is 9.72. The van der Waals surface area contributed by atoms with E-state index in [1.807, 2.05) is 6.07 Å². The maximum absolute atomic E-state index is 13.1. The highest BCUT2D eigenvalue weighted by atomic mass is 19.1. The molecule has 3 N–H and O–H groups in total. The fraction of sp³-hybridized carbons (Fsp3) is 0. The summed E-state index contributed by atoms with van der Waals surface area (Å²) in [6, 6.07) is 8.52. The average molecular weight is 256 g/mol. The van der Waals surface area contributed by atoms with Crippen LogP contribution in [0.25, 0.3) is 0 Å². The van der Waals surface area contributed by atoms with Crippen LogP contribution < -0.4 is 11.1 Å². The van der Waals surface area contributed by atoms with E-state index in [1.54, 1.807) is 0 Å². The highest BCUT2D eigenvalue weighted by molar-refractivity contribution is 6.03. The van der Waals surface area contributed by atoms with Gasteiger partial charge in [-0.2, -0.15) is 5.26 Å². The number of carbonyl (C=O) groups is 1. The van der Waals surface area contributed by atoms with Crippen LogP contribution in [-0.4, -0.2) is 10.9 Å². The Morgan fingerprint density at radius 2 is 2.16 bits per heavy atom. The molecular weight excluding hydrogens is 247 g/mol. The number of nitrogens with zero attached hydrogens (tertiary/aromatic N) is 2. The molecule has 1 amide bonds. The number of nitrogens with one attached hydrogen (secondary N) is 1. The van der Waals surface area contributed by atoms with E-state index >= 15 is 0 Å². The van der Waals surface area contributed by atoms with Gasteiger partial charge in [0.05, 0.1) is 5.56 Å². The predicted octanol–water partition coefficient (Wildman–Crippen LogP) is 1.93. The average Bonchev–Trinajstić information content (AvgIpc) is 2.37. The number of pyridine rings is 1. The van der Waals surface area contributed by atoms with Crippen LogP contribution >= 0.6 is 0 Å². The number of hydrogen-bond acceptors (Lipinski definition) is 4. The predicted molar refractivity (Wildman–Crippen MR) is 67.7 cm³/mol. The van der Waals surface area contributed by atoms with E-state index in [0.717, 1.165) is 12.1 Å². The second kappa shape index (κ2) is 5.14. The van der Waals surface area contributed by atoms with Gasteiger partial charge >= 0.3 is 0 Å². The molecule has 0 saturated carbocycles. The van der Waals surface area contributed by atoms with Crippen LogP contribution in [0.4, 0.5) is 15.8 Å². The first kappa shape index (κ1) is 12.5. The first-order valence-electron chi connectivity index (χ1n) is 5.32. The molecule has 1 heterocycles. The fourth-order valence-electron chi connectivity index (χ4n) is 1.47. The number of nitrogen functional groups attached to an aromatic ring is 1. The Hall–Kier alpha value is -2.94. The van der Waals surface area contributed by atoms with Gasteiger partial charge in [0.15, 0.2) is 0 Å². The molecular formula is C13H9FN4O. The Balaban J connectivity index is 2.18. The number of halogens is 1. The number of nitrogens with two attached hydrogens (primary N) is 1. The van der Waals surface area contributed by atoms with Crippen LogP contribution in [0.3, 0.4) is 0 Å². The Kier molecular flexibility index (Phi) is 3.39. The number of benzene rings is 1.